The fourth-order valence-corrected chi connectivity index (χ4v) is 3.92. The minimum absolute atomic E-state index is 0.0350. The summed E-state index contributed by atoms with van der Waals surface area (Å²) in [6.45, 7) is 4.30. The van der Waals surface area contributed by atoms with Crippen molar-refractivity contribution in [2.75, 3.05) is 10.6 Å². The van der Waals surface area contributed by atoms with Crippen molar-refractivity contribution in [2.45, 2.75) is 32.7 Å². The third kappa shape index (κ3) is 3.05. The summed E-state index contributed by atoms with van der Waals surface area (Å²) in [7, 11) is 0. The van der Waals surface area contributed by atoms with Crippen molar-refractivity contribution in [1.29, 1.82) is 0 Å². The Bertz CT molecular complexity index is 868. The Morgan fingerprint density at radius 3 is 2.40 bits per heavy atom. The van der Waals surface area contributed by atoms with E-state index in [0.717, 1.165) is 34.6 Å². The zero-order valence-electron chi connectivity index (χ0n) is 14.4. The van der Waals surface area contributed by atoms with Gasteiger partial charge in [0.25, 0.3) is 0 Å². The van der Waals surface area contributed by atoms with Gasteiger partial charge in [-0.1, -0.05) is 49.7 Å². The summed E-state index contributed by atoms with van der Waals surface area (Å²) in [5.74, 6) is 0.207. The summed E-state index contributed by atoms with van der Waals surface area (Å²) in [5, 5.41) is 7.79. The van der Waals surface area contributed by atoms with Gasteiger partial charge in [-0.05, 0) is 41.7 Å². The third-order valence-corrected chi connectivity index (χ3v) is 5.18. The highest BCUT2D eigenvalue weighted by Gasteiger charge is 2.38. The molecular weight excluding hydrogens is 332 g/mol. The molecule has 1 heterocycles. The molecule has 0 radical (unpaired) electrons. The number of benzene rings is 2. The normalized spacial score (nSPS) is 21.6. The van der Waals surface area contributed by atoms with Gasteiger partial charge in [-0.3, -0.25) is 4.79 Å². The van der Waals surface area contributed by atoms with Crippen molar-refractivity contribution < 1.29 is 4.79 Å². The molecule has 1 atom stereocenters. The van der Waals surface area contributed by atoms with Gasteiger partial charge in [0, 0.05) is 22.7 Å². The van der Waals surface area contributed by atoms with Crippen molar-refractivity contribution >= 4 is 28.8 Å². The topological polar surface area (TPSA) is 41.1 Å². The fourth-order valence-electron chi connectivity index (χ4n) is 3.79. The number of carbonyl (C=O) groups excluding carboxylic acids is 1. The van der Waals surface area contributed by atoms with Gasteiger partial charge in [0.05, 0.1) is 17.4 Å². The van der Waals surface area contributed by atoms with Crippen LogP contribution in [0.5, 0.6) is 0 Å². The third-order valence-electron chi connectivity index (χ3n) is 4.92. The van der Waals surface area contributed by atoms with Crippen LogP contribution >= 0.6 is 11.6 Å². The lowest BCUT2D eigenvalue weighted by Gasteiger charge is -2.34. The average molecular weight is 353 g/mol. The largest absolute Gasteiger partial charge is 0.372 e. The Hall–Kier alpha value is -2.26. The number of para-hydroxylation sites is 2. The van der Waals surface area contributed by atoms with Crippen molar-refractivity contribution in [2.24, 2.45) is 5.41 Å². The summed E-state index contributed by atoms with van der Waals surface area (Å²) in [5.41, 5.74) is 4.90. The van der Waals surface area contributed by atoms with E-state index in [1.165, 1.54) is 0 Å². The van der Waals surface area contributed by atoms with Crippen molar-refractivity contribution in [3.05, 3.63) is 70.4 Å². The molecule has 25 heavy (non-hydrogen) atoms. The fraction of sp³-hybridized carbons (Fsp3) is 0.286. The predicted molar refractivity (Wildman–Crippen MR) is 103 cm³/mol. The predicted octanol–water partition coefficient (Wildman–Crippen LogP) is 5.56. The average Bonchev–Trinajstić information content (AvgIpc) is 2.70. The van der Waals surface area contributed by atoms with Crippen LogP contribution in [0.25, 0.3) is 0 Å². The lowest BCUT2D eigenvalue weighted by atomic mass is 9.73. The maximum Gasteiger partial charge on any atom is 0.163 e. The number of allylic oxidation sites excluding steroid dienone is 1. The Kier molecular flexibility index (Phi) is 3.84. The quantitative estimate of drug-likeness (QED) is 0.705. The summed E-state index contributed by atoms with van der Waals surface area (Å²) >= 11 is 6.06. The van der Waals surface area contributed by atoms with Crippen LogP contribution in [0.3, 0.4) is 0 Å². The van der Waals surface area contributed by atoms with Gasteiger partial charge in [0.15, 0.2) is 5.78 Å². The van der Waals surface area contributed by atoms with E-state index in [1.807, 2.05) is 48.5 Å². The molecule has 0 bridgehead atoms. The maximum atomic E-state index is 13.0. The number of hydrogen-bond donors (Lipinski definition) is 2. The van der Waals surface area contributed by atoms with Crippen LogP contribution in [-0.4, -0.2) is 5.78 Å². The summed E-state index contributed by atoms with van der Waals surface area (Å²) < 4.78 is 0. The molecule has 3 nitrogen and oxygen atoms in total. The van der Waals surface area contributed by atoms with Crippen LogP contribution in [0, 0.1) is 5.41 Å². The molecule has 2 N–H and O–H groups in total. The molecule has 0 unspecified atom stereocenters. The van der Waals surface area contributed by atoms with Crippen LogP contribution in [0.4, 0.5) is 11.4 Å². The van der Waals surface area contributed by atoms with Crippen molar-refractivity contribution in [1.82, 2.24) is 0 Å². The maximum absolute atomic E-state index is 13.0. The Morgan fingerprint density at radius 1 is 1.00 bits per heavy atom. The van der Waals surface area contributed by atoms with Gasteiger partial charge in [0.2, 0.25) is 0 Å². The van der Waals surface area contributed by atoms with E-state index in [4.69, 9.17) is 11.6 Å². The highest BCUT2D eigenvalue weighted by atomic mass is 35.5. The molecule has 1 aliphatic carbocycles. The molecule has 1 aliphatic heterocycles. The minimum atomic E-state index is -0.174. The molecule has 0 aromatic heterocycles. The monoisotopic (exact) mass is 352 g/mol. The van der Waals surface area contributed by atoms with Crippen molar-refractivity contribution in [3.8, 4) is 0 Å². The lowest BCUT2D eigenvalue weighted by molar-refractivity contribution is -0.118. The Labute approximate surface area is 153 Å². The van der Waals surface area contributed by atoms with Crippen LogP contribution in [0.15, 0.2) is 59.8 Å². The second kappa shape index (κ2) is 5.92. The number of fused-ring (bicyclic) bond motifs is 1. The Balaban J connectivity index is 1.88. The number of hydrogen-bond acceptors (Lipinski definition) is 3. The van der Waals surface area contributed by atoms with E-state index >= 15 is 0 Å². The molecule has 2 aromatic carbocycles. The Morgan fingerprint density at radius 2 is 1.68 bits per heavy atom. The first kappa shape index (κ1) is 16.2. The highest BCUT2D eigenvalue weighted by Crippen LogP contribution is 2.45. The van der Waals surface area contributed by atoms with E-state index in [-0.39, 0.29) is 17.2 Å². The molecule has 0 amide bonds. The molecule has 4 rings (SSSR count). The number of anilines is 2. The lowest BCUT2D eigenvalue weighted by Crippen LogP contribution is -2.31. The van der Waals surface area contributed by atoms with Gasteiger partial charge in [0.1, 0.15) is 0 Å². The molecule has 128 valence electrons. The summed E-state index contributed by atoms with van der Waals surface area (Å²) in [6, 6.07) is 15.7. The van der Waals surface area contributed by atoms with Crippen molar-refractivity contribution in [3.63, 3.8) is 0 Å². The zero-order chi connectivity index (χ0) is 17.6. The molecule has 2 aliphatic rings. The summed E-state index contributed by atoms with van der Waals surface area (Å²) in [6.07, 6.45) is 1.42. The zero-order valence-corrected chi connectivity index (χ0v) is 15.2. The van der Waals surface area contributed by atoms with E-state index in [0.29, 0.717) is 11.4 Å². The molecule has 2 aromatic rings. The molecule has 4 heteroatoms. The molecule has 0 fully saturated rings. The number of halogens is 1. The molecule has 0 saturated heterocycles. The molecule has 0 saturated carbocycles. The number of nitrogens with one attached hydrogen (secondary N) is 2. The number of ketones is 1. The van der Waals surface area contributed by atoms with Gasteiger partial charge < -0.3 is 10.6 Å². The number of Topliss-reactive ketones (excluding diaryl/α,β-unsaturated/α-hetero) is 1. The molecule has 0 spiro atoms. The number of carbonyl (C=O) groups is 1. The number of rotatable bonds is 1. The standard InChI is InChI=1S/C21H21ClN2O/c1-21(2)11-17-19(18(25)12-21)20(13-7-9-14(22)10-8-13)24-16-6-4-3-5-15(16)23-17/h3-10,20,23-24H,11-12H2,1-2H3/t20-/m1/s1. The highest BCUT2D eigenvalue weighted by molar-refractivity contribution is 6.30. The van der Waals surface area contributed by atoms with Gasteiger partial charge in [-0.25, -0.2) is 0 Å². The first-order valence-electron chi connectivity index (χ1n) is 8.57. The van der Waals surface area contributed by atoms with Gasteiger partial charge in [-0.15, -0.1) is 0 Å². The smallest absolute Gasteiger partial charge is 0.163 e. The second-order valence-electron chi connectivity index (χ2n) is 7.63. The van der Waals surface area contributed by atoms with E-state index in [1.54, 1.807) is 0 Å². The second-order valence-corrected chi connectivity index (χ2v) is 8.07. The first-order chi connectivity index (χ1) is 11.9. The van der Waals surface area contributed by atoms with E-state index < -0.39 is 0 Å². The first-order valence-corrected chi connectivity index (χ1v) is 8.95. The van der Waals surface area contributed by atoms with Crippen LogP contribution in [0.2, 0.25) is 5.02 Å². The molecular formula is C21H21ClN2O. The van der Waals surface area contributed by atoms with Crippen LogP contribution < -0.4 is 10.6 Å². The van der Waals surface area contributed by atoms with Crippen LogP contribution in [0.1, 0.15) is 38.3 Å². The van der Waals surface area contributed by atoms with Gasteiger partial charge in [-0.2, -0.15) is 0 Å². The van der Waals surface area contributed by atoms with Gasteiger partial charge >= 0.3 is 0 Å². The van der Waals surface area contributed by atoms with E-state index in [9.17, 15) is 4.79 Å². The van der Waals surface area contributed by atoms with E-state index in [2.05, 4.69) is 24.5 Å². The van der Waals surface area contributed by atoms with Crippen LogP contribution in [-0.2, 0) is 4.79 Å². The summed E-state index contributed by atoms with van der Waals surface area (Å²) in [4.78, 5) is 13.0. The minimum Gasteiger partial charge on any atom is -0.372 e. The SMILES string of the molecule is CC1(C)CC(=O)C2=C(C1)Nc1ccccc1N[C@@H]2c1ccc(Cl)cc1.